The van der Waals surface area contributed by atoms with E-state index >= 15 is 0 Å². The first-order valence-corrected chi connectivity index (χ1v) is 6.04. The lowest BCUT2D eigenvalue weighted by Crippen LogP contribution is -2.09. The van der Waals surface area contributed by atoms with Crippen LogP contribution in [0.5, 0.6) is 0 Å². The second-order valence-corrected chi connectivity index (χ2v) is 5.69. The lowest BCUT2D eigenvalue weighted by Gasteiger charge is -2.06. The number of hydrogen-bond acceptors (Lipinski definition) is 3. The zero-order valence-corrected chi connectivity index (χ0v) is 8.65. The summed E-state index contributed by atoms with van der Waals surface area (Å²) >= 11 is 0. The van der Waals surface area contributed by atoms with Crippen molar-refractivity contribution in [2.45, 2.75) is 26.7 Å². The van der Waals surface area contributed by atoms with Crippen LogP contribution in [0.15, 0.2) is 0 Å². The molecule has 0 aromatic rings. The smallest absolute Gasteiger partial charge is 0.147 e. The third-order valence-corrected chi connectivity index (χ3v) is 2.59. The van der Waals surface area contributed by atoms with Gasteiger partial charge in [0.25, 0.3) is 0 Å². The molecule has 0 spiro atoms. The van der Waals surface area contributed by atoms with Crippen LogP contribution in [-0.4, -0.2) is 26.2 Å². The van der Waals surface area contributed by atoms with Crippen LogP contribution >= 0.6 is 0 Å². The van der Waals surface area contributed by atoms with Crippen molar-refractivity contribution in [1.29, 1.82) is 0 Å². The molecule has 12 heavy (non-hydrogen) atoms. The van der Waals surface area contributed by atoms with E-state index < -0.39 is 9.84 Å². The number of hydrogen-bond donors (Lipinski definition) is 0. The van der Waals surface area contributed by atoms with E-state index in [2.05, 4.69) is 0 Å². The Hall–Kier alpha value is -0.380. The maximum atomic E-state index is 10.7. The van der Waals surface area contributed by atoms with Crippen LogP contribution in [0.25, 0.3) is 0 Å². The molecule has 0 aliphatic rings. The minimum absolute atomic E-state index is 0.121. The molecule has 0 aromatic heterocycles. The highest BCUT2D eigenvalue weighted by Gasteiger charge is 2.09. The van der Waals surface area contributed by atoms with Crippen molar-refractivity contribution < 1.29 is 13.2 Å². The number of rotatable bonds is 5. The SMILES string of the molecule is CC(=O)CC(C)CCS(C)(=O)=O. The zero-order valence-electron chi connectivity index (χ0n) is 7.83. The number of ketones is 1. The maximum absolute atomic E-state index is 10.7. The fourth-order valence-electron chi connectivity index (χ4n) is 1.01. The highest BCUT2D eigenvalue weighted by molar-refractivity contribution is 7.90. The molecule has 0 aliphatic heterocycles. The molecule has 0 amide bonds. The second kappa shape index (κ2) is 4.60. The Bertz CT molecular complexity index is 241. The molecule has 0 bridgehead atoms. The van der Waals surface area contributed by atoms with Crippen LogP contribution in [0.2, 0.25) is 0 Å². The molecule has 0 N–H and O–H groups in total. The topological polar surface area (TPSA) is 51.2 Å². The van der Waals surface area contributed by atoms with E-state index in [4.69, 9.17) is 0 Å². The van der Waals surface area contributed by atoms with Crippen LogP contribution in [0.1, 0.15) is 26.7 Å². The molecular formula is C8H16O3S. The van der Waals surface area contributed by atoms with Crippen LogP contribution < -0.4 is 0 Å². The van der Waals surface area contributed by atoms with Gasteiger partial charge in [-0.25, -0.2) is 8.42 Å². The molecule has 0 aromatic carbocycles. The van der Waals surface area contributed by atoms with Gasteiger partial charge >= 0.3 is 0 Å². The van der Waals surface area contributed by atoms with Gasteiger partial charge < -0.3 is 4.79 Å². The Morgan fingerprint density at radius 2 is 1.92 bits per heavy atom. The van der Waals surface area contributed by atoms with E-state index in [9.17, 15) is 13.2 Å². The highest BCUT2D eigenvalue weighted by atomic mass is 32.2. The van der Waals surface area contributed by atoms with Gasteiger partial charge in [0, 0.05) is 12.7 Å². The molecule has 0 fully saturated rings. The third kappa shape index (κ3) is 7.72. The summed E-state index contributed by atoms with van der Waals surface area (Å²) in [5.41, 5.74) is 0. The van der Waals surface area contributed by atoms with Gasteiger partial charge in [-0.3, -0.25) is 0 Å². The third-order valence-electron chi connectivity index (χ3n) is 1.62. The van der Waals surface area contributed by atoms with Crippen molar-refractivity contribution in [2.24, 2.45) is 5.92 Å². The molecule has 0 aliphatic carbocycles. The Morgan fingerprint density at radius 3 is 2.25 bits per heavy atom. The van der Waals surface area contributed by atoms with Gasteiger partial charge in [0.05, 0.1) is 5.75 Å². The van der Waals surface area contributed by atoms with E-state index in [1.807, 2.05) is 6.92 Å². The summed E-state index contributed by atoms with van der Waals surface area (Å²) in [7, 11) is -2.87. The van der Waals surface area contributed by atoms with Crippen LogP contribution in [0.3, 0.4) is 0 Å². The highest BCUT2D eigenvalue weighted by Crippen LogP contribution is 2.08. The molecule has 0 saturated carbocycles. The fraction of sp³-hybridized carbons (Fsp3) is 0.875. The van der Waals surface area contributed by atoms with Crippen LogP contribution in [-0.2, 0) is 14.6 Å². The predicted octanol–water partition coefficient (Wildman–Crippen LogP) is 1.04. The summed E-state index contributed by atoms with van der Waals surface area (Å²) in [5.74, 6) is 0.481. The largest absolute Gasteiger partial charge is 0.300 e. The normalized spacial score (nSPS) is 14.2. The summed E-state index contributed by atoms with van der Waals surface area (Å²) in [6, 6.07) is 0. The molecule has 0 heterocycles. The molecule has 3 nitrogen and oxygen atoms in total. The quantitative estimate of drug-likeness (QED) is 0.654. The van der Waals surface area contributed by atoms with Gasteiger partial charge in [0.15, 0.2) is 0 Å². The Balaban J connectivity index is 3.72. The summed E-state index contributed by atoms with van der Waals surface area (Å²) in [4.78, 5) is 10.6. The fourth-order valence-corrected chi connectivity index (χ4v) is 1.84. The van der Waals surface area contributed by atoms with Gasteiger partial charge in [-0.15, -0.1) is 0 Å². The second-order valence-electron chi connectivity index (χ2n) is 3.43. The first kappa shape index (κ1) is 11.6. The van der Waals surface area contributed by atoms with Gasteiger partial charge in [-0.1, -0.05) is 6.92 Å². The molecule has 4 heteroatoms. The standard InChI is InChI=1S/C8H16O3S/c1-7(6-8(2)9)4-5-12(3,10)11/h7H,4-6H2,1-3H3. The minimum Gasteiger partial charge on any atom is -0.300 e. The molecule has 0 saturated heterocycles. The van der Waals surface area contributed by atoms with E-state index in [-0.39, 0.29) is 17.5 Å². The summed E-state index contributed by atoms with van der Waals surface area (Å²) in [6.45, 7) is 3.42. The van der Waals surface area contributed by atoms with Crippen molar-refractivity contribution in [2.75, 3.05) is 12.0 Å². The van der Waals surface area contributed by atoms with E-state index in [1.54, 1.807) is 0 Å². The maximum Gasteiger partial charge on any atom is 0.147 e. The summed E-state index contributed by atoms with van der Waals surface area (Å²) in [6.07, 6.45) is 2.28. The molecule has 72 valence electrons. The number of carbonyl (C=O) groups is 1. The summed E-state index contributed by atoms with van der Waals surface area (Å²) in [5, 5.41) is 0. The van der Waals surface area contributed by atoms with E-state index in [1.165, 1.54) is 13.2 Å². The van der Waals surface area contributed by atoms with Gasteiger partial charge in [-0.05, 0) is 19.3 Å². The number of carbonyl (C=O) groups excluding carboxylic acids is 1. The molecule has 1 atom stereocenters. The molecule has 1 unspecified atom stereocenters. The van der Waals surface area contributed by atoms with E-state index in [0.29, 0.717) is 12.8 Å². The van der Waals surface area contributed by atoms with Crippen molar-refractivity contribution in [1.82, 2.24) is 0 Å². The zero-order chi connectivity index (χ0) is 9.78. The lowest BCUT2D eigenvalue weighted by atomic mass is 10.0. The van der Waals surface area contributed by atoms with Crippen molar-refractivity contribution in [3.63, 3.8) is 0 Å². The van der Waals surface area contributed by atoms with Crippen molar-refractivity contribution in [3.8, 4) is 0 Å². The van der Waals surface area contributed by atoms with Crippen LogP contribution in [0.4, 0.5) is 0 Å². The Morgan fingerprint density at radius 1 is 1.42 bits per heavy atom. The van der Waals surface area contributed by atoms with Crippen LogP contribution in [0, 0.1) is 5.92 Å². The molecule has 0 radical (unpaired) electrons. The Labute approximate surface area is 74.1 Å². The molecular weight excluding hydrogens is 176 g/mol. The average molecular weight is 192 g/mol. The average Bonchev–Trinajstić information content (AvgIpc) is 1.80. The van der Waals surface area contributed by atoms with Crippen molar-refractivity contribution >= 4 is 15.6 Å². The Kier molecular flexibility index (Phi) is 4.45. The monoisotopic (exact) mass is 192 g/mol. The lowest BCUT2D eigenvalue weighted by molar-refractivity contribution is -0.117. The first-order chi connectivity index (χ1) is 5.31. The number of sulfone groups is 1. The predicted molar refractivity (Wildman–Crippen MR) is 48.8 cm³/mol. The number of Topliss-reactive ketones (excluding diaryl/α,β-unsaturated/α-hetero) is 1. The molecule has 0 rings (SSSR count). The first-order valence-electron chi connectivity index (χ1n) is 3.98. The minimum atomic E-state index is -2.87. The van der Waals surface area contributed by atoms with Gasteiger partial charge in [-0.2, -0.15) is 0 Å². The van der Waals surface area contributed by atoms with Gasteiger partial charge in [0.2, 0.25) is 0 Å². The van der Waals surface area contributed by atoms with Crippen molar-refractivity contribution in [3.05, 3.63) is 0 Å². The van der Waals surface area contributed by atoms with E-state index in [0.717, 1.165) is 0 Å². The summed E-state index contributed by atoms with van der Waals surface area (Å²) < 4.78 is 21.5. The van der Waals surface area contributed by atoms with Gasteiger partial charge in [0.1, 0.15) is 15.6 Å².